The molecule has 0 saturated carbocycles. The van der Waals surface area contributed by atoms with Crippen molar-refractivity contribution in [1.29, 1.82) is 0 Å². The van der Waals surface area contributed by atoms with Crippen LogP contribution >= 0.6 is 11.6 Å². The second kappa shape index (κ2) is 6.10. The summed E-state index contributed by atoms with van der Waals surface area (Å²) < 4.78 is 5.28. The van der Waals surface area contributed by atoms with Crippen molar-refractivity contribution in [3.05, 3.63) is 83.0 Å². The minimum atomic E-state index is -0.412. The lowest BCUT2D eigenvalue weighted by Gasteiger charge is -2.03. The van der Waals surface area contributed by atoms with Crippen LogP contribution in [0.25, 0.3) is 0 Å². The van der Waals surface area contributed by atoms with Gasteiger partial charge >= 0.3 is 0 Å². The maximum absolute atomic E-state index is 6.37. The van der Waals surface area contributed by atoms with Crippen LogP contribution in [0.2, 0.25) is 0 Å². The highest BCUT2D eigenvalue weighted by Crippen LogP contribution is 2.27. The molecule has 1 heterocycles. The van der Waals surface area contributed by atoms with E-state index in [1.54, 1.807) is 0 Å². The summed E-state index contributed by atoms with van der Waals surface area (Å²) in [7, 11) is 0. The van der Waals surface area contributed by atoms with Gasteiger partial charge in [-0.05, 0) is 18.1 Å². The Hall–Kier alpha value is -2.13. The lowest BCUT2D eigenvalue weighted by Crippen LogP contribution is -1.95. The van der Waals surface area contributed by atoms with E-state index >= 15 is 0 Å². The Labute approximate surface area is 128 Å². The van der Waals surface area contributed by atoms with Crippen LogP contribution in [0.4, 0.5) is 0 Å². The number of hydrogen-bond donors (Lipinski definition) is 0. The summed E-state index contributed by atoms with van der Waals surface area (Å²) in [6, 6.07) is 18.0. The Balaban J connectivity index is 1.75. The molecule has 0 aliphatic heterocycles. The quantitative estimate of drug-likeness (QED) is 0.674. The van der Waals surface area contributed by atoms with E-state index in [0.29, 0.717) is 18.1 Å². The molecule has 3 nitrogen and oxygen atoms in total. The van der Waals surface area contributed by atoms with E-state index in [0.717, 1.165) is 11.1 Å². The second-order valence-corrected chi connectivity index (χ2v) is 5.42. The topological polar surface area (TPSA) is 38.9 Å². The molecule has 2 aromatic carbocycles. The first-order valence-corrected chi connectivity index (χ1v) is 7.23. The number of halogens is 1. The van der Waals surface area contributed by atoms with Gasteiger partial charge in [-0.25, -0.2) is 0 Å². The smallest absolute Gasteiger partial charge is 0.249 e. The maximum atomic E-state index is 6.37. The number of alkyl halides is 1. The van der Waals surface area contributed by atoms with E-state index in [9.17, 15) is 0 Å². The normalized spacial score (nSPS) is 12.3. The predicted octanol–water partition coefficient (Wildman–Crippen LogP) is 4.30. The highest BCUT2D eigenvalue weighted by molar-refractivity contribution is 6.22. The van der Waals surface area contributed by atoms with E-state index in [2.05, 4.69) is 41.3 Å². The number of hydrogen-bond acceptors (Lipinski definition) is 3. The molecule has 1 aromatic heterocycles. The van der Waals surface area contributed by atoms with Crippen molar-refractivity contribution in [2.45, 2.75) is 18.7 Å². The molecule has 0 N–H and O–H groups in total. The summed E-state index contributed by atoms with van der Waals surface area (Å²) in [4.78, 5) is 4.39. The third-order valence-corrected chi connectivity index (χ3v) is 3.71. The monoisotopic (exact) mass is 298 g/mol. The van der Waals surface area contributed by atoms with Crippen LogP contribution in [-0.4, -0.2) is 10.1 Å². The molecule has 1 atom stereocenters. The molecule has 0 radical (unpaired) electrons. The Bertz CT molecular complexity index is 707. The first-order valence-electron chi connectivity index (χ1n) is 6.79. The predicted molar refractivity (Wildman–Crippen MR) is 82.4 cm³/mol. The van der Waals surface area contributed by atoms with Gasteiger partial charge in [0.15, 0.2) is 5.82 Å². The Morgan fingerprint density at radius 1 is 1.05 bits per heavy atom. The summed E-state index contributed by atoms with van der Waals surface area (Å²) in [5.74, 6) is 1.08. The molecule has 4 heteroatoms. The van der Waals surface area contributed by atoms with Crippen molar-refractivity contribution < 1.29 is 4.52 Å². The molecule has 0 spiro atoms. The van der Waals surface area contributed by atoms with Gasteiger partial charge in [-0.15, -0.1) is 11.6 Å². The number of rotatable bonds is 4. The van der Waals surface area contributed by atoms with Crippen molar-refractivity contribution in [3.8, 4) is 0 Å². The number of benzene rings is 2. The molecule has 0 aliphatic carbocycles. The largest absolute Gasteiger partial charge is 0.337 e. The molecule has 3 aromatic rings. The van der Waals surface area contributed by atoms with Gasteiger partial charge in [0.2, 0.25) is 5.89 Å². The summed E-state index contributed by atoms with van der Waals surface area (Å²) in [5, 5.41) is 3.60. The second-order valence-electron chi connectivity index (χ2n) is 4.98. The molecule has 0 saturated heterocycles. The fourth-order valence-corrected chi connectivity index (χ4v) is 2.33. The first-order chi connectivity index (χ1) is 10.2. The minimum Gasteiger partial charge on any atom is -0.337 e. The lowest BCUT2D eigenvalue weighted by molar-refractivity contribution is 0.377. The average Bonchev–Trinajstić information content (AvgIpc) is 2.98. The van der Waals surface area contributed by atoms with Gasteiger partial charge in [0.1, 0.15) is 5.38 Å². The standard InChI is InChI=1S/C17H15ClN2O/c1-12-7-9-13(10-8-12)11-15-19-17(21-20-15)16(18)14-5-3-2-4-6-14/h2-10,16H,11H2,1H3. The van der Waals surface area contributed by atoms with Crippen LogP contribution in [0, 0.1) is 6.92 Å². The van der Waals surface area contributed by atoms with Crippen LogP contribution in [0.1, 0.15) is 33.8 Å². The van der Waals surface area contributed by atoms with E-state index in [1.165, 1.54) is 5.56 Å². The molecule has 0 fully saturated rings. The van der Waals surface area contributed by atoms with Gasteiger partial charge in [-0.2, -0.15) is 4.98 Å². The van der Waals surface area contributed by atoms with Crippen LogP contribution in [0.3, 0.4) is 0 Å². The van der Waals surface area contributed by atoms with Crippen LogP contribution in [0.15, 0.2) is 59.1 Å². The Kier molecular flexibility index (Phi) is 4.02. The molecule has 1 unspecified atom stereocenters. The van der Waals surface area contributed by atoms with Gasteiger partial charge in [0, 0.05) is 6.42 Å². The molecule has 3 rings (SSSR count). The molecule has 0 aliphatic rings. The molecule has 0 bridgehead atoms. The fourth-order valence-electron chi connectivity index (χ4n) is 2.10. The highest BCUT2D eigenvalue weighted by atomic mass is 35.5. The zero-order valence-corrected chi connectivity index (χ0v) is 12.4. The Morgan fingerprint density at radius 2 is 1.76 bits per heavy atom. The minimum absolute atomic E-state index is 0.412. The number of nitrogens with zero attached hydrogens (tertiary/aromatic N) is 2. The van der Waals surface area contributed by atoms with E-state index in [1.807, 2.05) is 30.3 Å². The van der Waals surface area contributed by atoms with Crippen molar-refractivity contribution >= 4 is 11.6 Å². The van der Waals surface area contributed by atoms with Gasteiger partial charge in [0.25, 0.3) is 0 Å². The van der Waals surface area contributed by atoms with E-state index < -0.39 is 5.38 Å². The van der Waals surface area contributed by atoms with Crippen molar-refractivity contribution in [2.75, 3.05) is 0 Å². The number of aromatic nitrogens is 2. The van der Waals surface area contributed by atoms with Crippen molar-refractivity contribution in [3.63, 3.8) is 0 Å². The summed E-state index contributed by atoms with van der Waals surface area (Å²) in [5.41, 5.74) is 3.33. The van der Waals surface area contributed by atoms with Crippen molar-refractivity contribution in [1.82, 2.24) is 10.1 Å². The van der Waals surface area contributed by atoms with Crippen LogP contribution in [-0.2, 0) is 6.42 Å². The van der Waals surface area contributed by atoms with Crippen molar-refractivity contribution in [2.24, 2.45) is 0 Å². The van der Waals surface area contributed by atoms with E-state index in [4.69, 9.17) is 16.1 Å². The highest BCUT2D eigenvalue weighted by Gasteiger charge is 2.18. The van der Waals surface area contributed by atoms with Gasteiger partial charge in [-0.3, -0.25) is 0 Å². The van der Waals surface area contributed by atoms with E-state index in [-0.39, 0.29) is 0 Å². The SMILES string of the molecule is Cc1ccc(Cc2noc(C(Cl)c3ccccc3)n2)cc1. The zero-order valence-electron chi connectivity index (χ0n) is 11.7. The molecular formula is C17H15ClN2O. The fraction of sp³-hybridized carbons (Fsp3) is 0.176. The summed E-state index contributed by atoms with van der Waals surface area (Å²) in [6.07, 6.45) is 0.641. The number of aryl methyl sites for hydroxylation is 1. The third kappa shape index (κ3) is 3.31. The first kappa shape index (κ1) is 13.8. The van der Waals surface area contributed by atoms with Gasteiger partial charge < -0.3 is 4.52 Å². The molecule has 106 valence electrons. The van der Waals surface area contributed by atoms with Gasteiger partial charge in [-0.1, -0.05) is 65.3 Å². The Morgan fingerprint density at radius 3 is 2.48 bits per heavy atom. The maximum Gasteiger partial charge on any atom is 0.249 e. The molecule has 0 amide bonds. The zero-order chi connectivity index (χ0) is 14.7. The molecular weight excluding hydrogens is 284 g/mol. The summed E-state index contributed by atoms with van der Waals surface area (Å²) in [6.45, 7) is 2.06. The van der Waals surface area contributed by atoms with Crippen LogP contribution in [0.5, 0.6) is 0 Å². The molecule has 21 heavy (non-hydrogen) atoms. The van der Waals surface area contributed by atoms with Crippen LogP contribution < -0.4 is 0 Å². The van der Waals surface area contributed by atoms with Gasteiger partial charge in [0.05, 0.1) is 0 Å². The summed E-state index contributed by atoms with van der Waals surface area (Å²) >= 11 is 6.37. The lowest BCUT2D eigenvalue weighted by atomic mass is 10.1. The third-order valence-electron chi connectivity index (χ3n) is 3.28. The average molecular weight is 299 g/mol.